The molecular weight excluding hydrogens is 398 g/mol. The third-order valence-corrected chi connectivity index (χ3v) is 7.84. The molecule has 0 amide bonds. The second-order valence-electron chi connectivity index (χ2n) is 6.04. The number of aryl methyl sites for hydroxylation is 1. The van der Waals surface area contributed by atoms with E-state index in [1.165, 1.54) is 77.6 Å². The zero-order chi connectivity index (χ0) is 14.4. The zero-order valence-corrected chi connectivity index (χ0v) is 16.3. The third kappa shape index (κ3) is 4.82. The van der Waals surface area contributed by atoms with E-state index in [0.717, 1.165) is 0 Å². The molecule has 114 valence electrons. The van der Waals surface area contributed by atoms with Gasteiger partial charge in [-0.1, -0.05) is 19.8 Å². The number of hydrogen-bond donors (Lipinski definition) is 1. The first-order valence-electron chi connectivity index (χ1n) is 7.80. The fourth-order valence-electron chi connectivity index (χ4n) is 3.31. The van der Waals surface area contributed by atoms with Gasteiger partial charge in [0.15, 0.2) is 0 Å². The Morgan fingerprint density at radius 2 is 1.95 bits per heavy atom. The van der Waals surface area contributed by atoms with Crippen molar-refractivity contribution in [2.75, 3.05) is 13.1 Å². The van der Waals surface area contributed by atoms with Crippen LogP contribution in [0.25, 0.3) is 0 Å². The molecule has 0 unspecified atom stereocenters. The van der Waals surface area contributed by atoms with Crippen LogP contribution in [0.1, 0.15) is 56.7 Å². The monoisotopic (exact) mass is 421 g/mol. The summed E-state index contributed by atoms with van der Waals surface area (Å²) in [5.41, 5.74) is 0.615. The van der Waals surface area contributed by atoms with Crippen molar-refractivity contribution in [3.63, 3.8) is 0 Å². The van der Waals surface area contributed by atoms with Crippen LogP contribution in [0, 0.1) is 5.41 Å². The molecule has 1 saturated carbocycles. The van der Waals surface area contributed by atoms with Crippen LogP contribution in [0.3, 0.4) is 0 Å². The van der Waals surface area contributed by atoms with Crippen LogP contribution in [0.5, 0.6) is 0 Å². The molecule has 0 aliphatic heterocycles. The maximum absolute atomic E-state index is 3.60. The topological polar surface area (TPSA) is 12.0 Å². The van der Waals surface area contributed by atoms with Crippen molar-refractivity contribution < 1.29 is 0 Å². The second-order valence-corrected chi connectivity index (χ2v) is 9.35. The fourth-order valence-corrected chi connectivity index (χ4v) is 5.48. The van der Waals surface area contributed by atoms with E-state index in [0.29, 0.717) is 5.41 Å². The van der Waals surface area contributed by atoms with Crippen LogP contribution in [0.15, 0.2) is 14.3 Å². The lowest BCUT2D eigenvalue weighted by molar-refractivity contribution is 0.246. The first-order valence-corrected chi connectivity index (χ1v) is 10.2. The van der Waals surface area contributed by atoms with E-state index in [4.69, 9.17) is 0 Å². The van der Waals surface area contributed by atoms with Crippen LogP contribution in [-0.4, -0.2) is 13.1 Å². The Kier molecular flexibility index (Phi) is 7.05. The predicted octanol–water partition coefficient (Wildman–Crippen LogP) is 6.16. The minimum absolute atomic E-state index is 0.615. The van der Waals surface area contributed by atoms with E-state index >= 15 is 0 Å². The molecule has 1 aliphatic carbocycles. The maximum atomic E-state index is 3.60. The van der Waals surface area contributed by atoms with Crippen LogP contribution in [-0.2, 0) is 6.42 Å². The van der Waals surface area contributed by atoms with Crippen molar-refractivity contribution in [3.8, 4) is 0 Å². The highest BCUT2D eigenvalue weighted by Crippen LogP contribution is 2.45. The normalized spacial score (nSPS) is 17.8. The molecule has 4 heteroatoms. The molecular formula is C16H25Br2NS. The van der Waals surface area contributed by atoms with Crippen LogP contribution in [0.4, 0.5) is 0 Å². The van der Waals surface area contributed by atoms with Crippen molar-refractivity contribution in [1.29, 1.82) is 0 Å². The summed E-state index contributed by atoms with van der Waals surface area (Å²) in [5.74, 6) is 0. The molecule has 0 aromatic carbocycles. The van der Waals surface area contributed by atoms with E-state index in [-0.39, 0.29) is 0 Å². The Bertz CT molecular complexity index is 391. The molecule has 0 bridgehead atoms. The fraction of sp³-hybridized carbons (Fsp3) is 0.750. The number of rotatable bonds is 8. The van der Waals surface area contributed by atoms with Crippen molar-refractivity contribution in [1.82, 2.24) is 5.32 Å². The van der Waals surface area contributed by atoms with Crippen LogP contribution >= 0.6 is 43.2 Å². The smallest absolute Gasteiger partial charge is 0.0843 e. The van der Waals surface area contributed by atoms with Gasteiger partial charge in [-0.25, -0.2) is 0 Å². The Balaban J connectivity index is 1.85. The van der Waals surface area contributed by atoms with Gasteiger partial charge in [0.1, 0.15) is 0 Å². The van der Waals surface area contributed by atoms with E-state index in [2.05, 4.69) is 50.2 Å². The molecule has 1 heterocycles. The highest BCUT2D eigenvalue weighted by molar-refractivity contribution is 9.13. The number of thiophene rings is 1. The summed E-state index contributed by atoms with van der Waals surface area (Å²) in [5, 5.41) is 3.59. The van der Waals surface area contributed by atoms with Crippen molar-refractivity contribution >= 4 is 43.2 Å². The van der Waals surface area contributed by atoms with E-state index in [1.54, 1.807) is 0 Å². The Labute approximate surface area is 144 Å². The molecule has 1 N–H and O–H groups in total. The average molecular weight is 423 g/mol. The predicted molar refractivity (Wildman–Crippen MR) is 96.7 cm³/mol. The minimum Gasteiger partial charge on any atom is -0.317 e. The first kappa shape index (κ1) is 17.0. The van der Waals surface area contributed by atoms with E-state index in [1.807, 2.05) is 11.3 Å². The van der Waals surface area contributed by atoms with Crippen molar-refractivity contribution in [2.45, 2.75) is 58.3 Å². The summed E-state index contributed by atoms with van der Waals surface area (Å²) < 4.78 is 2.44. The molecule has 0 radical (unpaired) electrons. The number of nitrogens with one attached hydrogen (secondary N) is 1. The Morgan fingerprint density at radius 1 is 1.20 bits per heavy atom. The summed E-state index contributed by atoms with van der Waals surface area (Å²) in [6, 6.07) is 2.28. The molecule has 0 atom stereocenters. The van der Waals surface area contributed by atoms with Gasteiger partial charge in [0, 0.05) is 9.35 Å². The van der Waals surface area contributed by atoms with Crippen LogP contribution in [0.2, 0.25) is 0 Å². The average Bonchev–Trinajstić information content (AvgIpc) is 3.02. The molecule has 1 aliphatic rings. The summed E-state index contributed by atoms with van der Waals surface area (Å²) >= 11 is 9.08. The minimum atomic E-state index is 0.615. The van der Waals surface area contributed by atoms with Crippen molar-refractivity contribution in [2.24, 2.45) is 5.41 Å². The lowest BCUT2D eigenvalue weighted by Gasteiger charge is -2.29. The molecule has 1 fully saturated rings. The summed E-state index contributed by atoms with van der Waals surface area (Å²) in [4.78, 5) is 1.51. The van der Waals surface area contributed by atoms with Gasteiger partial charge < -0.3 is 5.32 Å². The molecule has 20 heavy (non-hydrogen) atoms. The van der Waals surface area contributed by atoms with Gasteiger partial charge in [-0.2, -0.15) is 0 Å². The number of hydrogen-bond acceptors (Lipinski definition) is 2. The van der Waals surface area contributed by atoms with E-state index < -0.39 is 0 Å². The molecule has 0 spiro atoms. The quantitative estimate of drug-likeness (QED) is 0.494. The molecule has 1 nitrogen and oxygen atoms in total. The SMILES string of the molecule is CCCNCCC1(CCc2cc(Br)c(Br)s2)CCCC1. The molecule has 2 rings (SSSR count). The van der Waals surface area contributed by atoms with Crippen LogP contribution < -0.4 is 5.32 Å². The lowest BCUT2D eigenvalue weighted by atomic mass is 9.78. The molecule has 0 saturated heterocycles. The highest BCUT2D eigenvalue weighted by Gasteiger charge is 2.32. The summed E-state index contributed by atoms with van der Waals surface area (Å²) in [6.07, 6.45) is 11.0. The first-order chi connectivity index (χ1) is 9.65. The van der Waals surface area contributed by atoms with Gasteiger partial charge in [-0.3, -0.25) is 0 Å². The zero-order valence-electron chi connectivity index (χ0n) is 12.3. The van der Waals surface area contributed by atoms with Gasteiger partial charge in [-0.15, -0.1) is 11.3 Å². The largest absolute Gasteiger partial charge is 0.317 e. The molecule has 1 aromatic heterocycles. The lowest BCUT2D eigenvalue weighted by Crippen LogP contribution is -2.25. The molecule has 1 aromatic rings. The number of halogens is 2. The second kappa shape index (κ2) is 8.30. The Morgan fingerprint density at radius 3 is 2.55 bits per heavy atom. The van der Waals surface area contributed by atoms with Gasteiger partial charge >= 0.3 is 0 Å². The van der Waals surface area contributed by atoms with Crippen molar-refractivity contribution in [3.05, 3.63) is 19.2 Å². The Hall–Kier alpha value is 0.620. The van der Waals surface area contributed by atoms with E-state index in [9.17, 15) is 0 Å². The van der Waals surface area contributed by atoms with Gasteiger partial charge in [0.25, 0.3) is 0 Å². The third-order valence-electron chi connectivity index (χ3n) is 4.52. The summed E-state index contributed by atoms with van der Waals surface area (Å²) in [6.45, 7) is 4.61. The summed E-state index contributed by atoms with van der Waals surface area (Å²) in [7, 11) is 0. The maximum Gasteiger partial charge on any atom is 0.0843 e. The standard InChI is InChI=1S/C16H25Br2NS/c1-2-10-19-11-9-16(6-3-4-7-16)8-5-13-12-14(17)15(18)20-13/h12,19H,2-11H2,1H3. The highest BCUT2D eigenvalue weighted by atomic mass is 79.9. The van der Waals surface area contributed by atoms with Gasteiger partial charge in [0.2, 0.25) is 0 Å². The van der Waals surface area contributed by atoms with Gasteiger partial charge in [-0.05, 0) is 95.0 Å². The van der Waals surface area contributed by atoms with Gasteiger partial charge in [0.05, 0.1) is 3.79 Å².